The second-order valence-corrected chi connectivity index (χ2v) is 6.56. The average Bonchev–Trinajstić information content (AvgIpc) is 3.03. The van der Waals surface area contributed by atoms with E-state index in [4.69, 9.17) is 0 Å². The van der Waals surface area contributed by atoms with Gasteiger partial charge in [-0.15, -0.1) is 11.3 Å². The molecule has 0 aliphatic carbocycles. The lowest BCUT2D eigenvalue weighted by Gasteiger charge is -1.95. The monoisotopic (exact) mass is 318 g/mol. The van der Waals surface area contributed by atoms with Crippen LogP contribution in [0.5, 0.6) is 0 Å². The minimum atomic E-state index is 1.07. The van der Waals surface area contributed by atoms with Crippen molar-refractivity contribution in [2.75, 3.05) is 0 Å². The highest BCUT2D eigenvalue weighted by Crippen LogP contribution is 2.25. The Morgan fingerprint density at radius 3 is 2.35 bits per heavy atom. The zero-order valence-corrected chi connectivity index (χ0v) is 14.0. The lowest BCUT2D eigenvalue weighted by molar-refractivity contribution is 1.26. The quantitative estimate of drug-likeness (QED) is 0.452. The molecule has 4 aromatic rings. The van der Waals surface area contributed by atoms with Crippen LogP contribution in [0.3, 0.4) is 0 Å². The first-order chi connectivity index (χ1) is 11.2. The molecule has 4 rings (SSSR count). The van der Waals surface area contributed by atoms with E-state index in [0.717, 1.165) is 16.9 Å². The molecule has 0 unspecified atom stereocenters. The third-order valence-electron chi connectivity index (χ3n) is 3.40. The van der Waals surface area contributed by atoms with Crippen molar-refractivity contribution in [1.82, 2.24) is 9.97 Å². The maximum atomic E-state index is 4.38. The molecule has 114 valence electrons. The van der Waals surface area contributed by atoms with Crippen molar-refractivity contribution >= 4 is 22.2 Å². The molecule has 0 spiro atoms. The molecular formula is C20H18N2S. The number of aromatic nitrogens is 2. The molecule has 3 heteroatoms. The minimum Gasteiger partial charge on any atom is -0.255 e. The fourth-order valence-corrected chi connectivity index (χ4v) is 3.09. The number of aryl methyl sites for hydroxylation is 2. The zero-order valence-electron chi connectivity index (χ0n) is 13.2. The van der Waals surface area contributed by atoms with Crippen molar-refractivity contribution in [2.24, 2.45) is 0 Å². The van der Waals surface area contributed by atoms with Crippen molar-refractivity contribution in [3.05, 3.63) is 83.5 Å². The molecule has 0 fully saturated rings. The van der Waals surface area contributed by atoms with E-state index < -0.39 is 0 Å². The number of benzene rings is 1. The molecule has 0 N–H and O–H groups in total. The molecule has 0 saturated carbocycles. The van der Waals surface area contributed by atoms with Gasteiger partial charge >= 0.3 is 0 Å². The van der Waals surface area contributed by atoms with E-state index in [-0.39, 0.29) is 0 Å². The molecule has 1 aromatic carbocycles. The van der Waals surface area contributed by atoms with E-state index in [1.807, 2.05) is 55.6 Å². The highest BCUT2D eigenvalue weighted by Gasteiger charge is 1.99. The molecule has 0 saturated heterocycles. The Bertz CT molecular complexity index is 898. The number of hydrogen-bond donors (Lipinski definition) is 0. The average molecular weight is 318 g/mol. The van der Waals surface area contributed by atoms with Gasteiger partial charge in [-0.1, -0.05) is 30.3 Å². The molecule has 3 aromatic heterocycles. The van der Waals surface area contributed by atoms with E-state index in [0.29, 0.717) is 0 Å². The fraction of sp³-hybridized carbons (Fsp3) is 0.100. The molecule has 3 heterocycles. The molecule has 2 nitrogen and oxygen atoms in total. The Labute approximate surface area is 140 Å². The van der Waals surface area contributed by atoms with Crippen LogP contribution < -0.4 is 0 Å². The summed E-state index contributed by atoms with van der Waals surface area (Å²) in [6, 6.07) is 22.5. The second kappa shape index (κ2) is 7.16. The number of para-hydroxylation sites is 1. The van der Waals surface area contributed by atoms with Crippen LogP contribution in [0.15, 0.2) is 72.9 Å². The number of thiophene rings is 1. The summed E-state index contributed by atoms with van der Waals surface area (Å²) in [7, 11) is 0. The maximum absolute atomic E-state index is 4.38. The Morgan fingerprint density at radius 1 is 0.783 bits per heavy atom. The van der Waals surface area contributed by atoms with Gasteiger partial charge in [-0.05, 0) is 50.2 Å². The predicted molar refractivity (Wildman–Crippen MR) is 98.8 cm³/mol. The first-order valence-corrected chi connectivity index (χ1v) is 8.34. The molecule has 0 amide bonds. The Balaban J connectivity index is 0.000000136. The first-order valence-electron chi connectivity index (χ1n) is 7.52. The lowest BCUT2D eigenvalue weighted by atomic mass is 10.2. The van der Waals surface area contributed by atoms with Gasteiger partial charge in [0, 0.05) is 22.2 Å². The molecule has 0 radical (unpaired) electrons. The van der Waals surface area contributed by atoms with Crippen LogP contribution in [-0.4, -0.2) is 9.97 Å². The van der Waals surface area contributed by atoms with Gasteiger partial charge in [0.1, 0.15) is 0 Å². The van der Waals surface area contributed by atoms with Gasteiger partial charge in [0.2, 0.25) is 0 Å². The number of pyridine rings is 2. The van der Waals surface area contributed by atoms with Crippen molar-refractivity contribution in [1.29, 1.82) is 0 Å². The zero-order chi connectivity index (χ0) is 16.1. The predicted octanol–water partition coefficient (Wildman–Crippen LogP) is 5.66. The van der Waals surface area contributed by atoms with Crippen molar-refractivity contribution in [3.63, 3.8) is 0 Å². The lowest BCUT2D eigenvalue weighted by Crippen LogP contribution is -1.80. The van der Waals surface area contributed by atoms with Crippen LogP contribution in [0.4, 0.5) is 0 Å². The summed E-state index contributed by atoms with van der Waals surface area (Å²) in [6.07, 6.45) is 1.82. The summed E-state index contributed by atoms with van der Waals surface area (Å²) in [5, 5.41) is 1.21. The van der Waals surface area contributed by atoms with Crippen LogP contribution in [0, 0.1) is 13.8 Å². The molecule has 0 atom stereocenters. The first kappa shape index (κ1) is 15.4. The summed E-state index contributed by atoms with van der Waals surface area (Å²) >= 11 is 1.78. The Kier molecular flexibility index (Phi) is 4.79. The van der Waals surface area contributed by atoms with Crippen LogP contribution in [-0.2, 0) is 0 Å². The van der Waals surface area contributed by atoms with Crippen LogP contribution in [0.25, 0.3) is 21.5 Å². The highest BCUT2D eigenvalue weighted by atomic mass is 32.1. The van der Waals surface area contributed by atoms with Crippen molar-refractivity contribution < 1.29 is 0 Å². The Hall–Kier alpha value is -2.52. The van der Waals surface area contributed by atoms with E-state index in [1.165, 1.54) is 15.1 Å². The van der Waals surface area contributed by atoms with E-state index in [9.17, 15) is 0 Å². The standard InChI is InChI=1S/C10H9NS.C10H9N/c1-8-5-6-10(12-8)9-4-2-3-7-11-9;1-8-6-7-9-4-2-3-5-10(9)11-8/h2-7H,1H3;2-7H,1H3. The topological polar surface area (TPSA) is 25.8 Å². The molecule has 0 aliphatic heterocycles. The summed E-state index contributed by atoms with van der Waals surface area (Å²) in [5.74, 6) is 0. The summed E-state index contributed by atoms with van der Waals surface area (Å²) in [5.41, 5.74) is 3.21. The summed E-state index contributed by atoms with van der Waals surface area (Å²) < 4.78 is 0. The molecular weight excluding hydrogens is 300 g/mol. The largest absolute Gasteiger partial charge is 0.255 e. The van der Waals surface area contributed by atoms with Gasteiger partial charge in [0.05, 0.1) is 16.1 Å². The minimum absolute atomic E-state index is 1.07. The van der Waals surface area contributed by atoms with Crippen LogP contribution in [0.2, 0.25) is 0 Å². The number of fused-ring (bicyclic) bond motifs is 1. The Morgan fingerprint density at radius 2 is 1.61 bits per heavy atom. The second-order valence-electron chi connectivity index (χ2n) is 5.27. The smallest absolute Gasteiger partial charge is 0.0801 e. The maximum Gasteiger partial charge on any atom is 0.0801 e. The van der Waals surface area contributed by atoms with E-state index >= 15 is 0 Å². The number of hydrogen-bond acceptors (Lipinski definition) is 3. The van der Waals surface area contributed by atoms with E-state index in [1.54, 1.807) is 11.3 Å². The molecule has 0 bridgehead atoms. The normalized spacial score (nSPS) is 10.2. The van der Waals surface area contributed by atoms with Gasteiger partial charge in [-0.25, -0.2) is 0 Å². The van der Waals surface area contributed by atoms with Crippen molar-refractivity contribution in [2.45, 2.75) is 13.8 Å². The third kappa shape index (κ3) is 4.02. The third-order valence-corrected chi connectivity index (χ3v) is 4.42. The summed E-state index contributed by atoms with van der Waals surface area (Å²) in [4.78, 5) is 11.2. The van der Waals surface area contributed by atoms with Crippen LogP contribution >= 0.6 is 11.3 Å². The SMILES string of the molecule is Cc1ccc(-c2ccccn2)s1.Cc1ccc2ccccc2n1. The van der Waals surface area contributed by atoms with Gasteiger partial charge in [0.15, 0.2) is 0 Å². The number of rotatable bonds is 1. The van der Waals surface area contributed by atoms with Crippen LogP contribution in [0.1, 0.15) is 10.6 Å². The molecule has 0 aliphatic rings. The molecule has 23 heavy (non-hydrogen) atoms. The highest BCUT2D eigenvalue weighted by molar-refractivity contribution is 7.15. The van der Waals surface area contributed by atoms with Gasteiger partial charge in [0.25, 0.3) is 0 Å². The van der Waals surface area contributed by atoms with Gasteiger partial charge in [-0.3, -0.25) is 9.97 Å². The van der Waals surface area contributed by atoms with Gasteiger partial charge < -0.3 is 0 Å². The summed E-state index contributed by atoms with van der Waals surface area (Å²) in [6.45, 7) is 4.11. The fourth-order valence-electron chi connectivity index (χ4n) is 2.25. The van der Waals surface area contributed by atoms with Crippen molar-refractivity contribution in [3.8, 4) is 10.6 Å². The van der Waals surface area contributed by atoms with Gasteiger partial charge in [-0.2, -0.15) is 0 Å². The number of nitrogens with zero attached hydrogens (tertiary/aromatic N) is 2. The van der Waals surface area contributed by atoms with E-state index in [2.05, 4.69) is 41.2 Å².